The second-order valence-corrected chi connectivity index (χ2v) is 6.34. The van der Waals surface area contributed by atoms with Crippen molar-refractivity contribution in [3.05, 3.63) is 28.2 Å². The lowest BCUT2D eigenvalue weighted by Crippen LogP contribution is -2.51. The molecule has 0 aromatic heterocycles. The van der Waals surface area contributed by atoms with Gasteiger partial charge in [0.1, 0.15) is 0 Å². The number of benzene rings is 1. The van der Waals surface area contributed by atoms with Crippen molar-refractivity contribution in [2.24, 2.45) is 5.73 Å². The third-order valence-electron chi connectivity index (χ3n) is 4.09. The zero-order valence-electron chi connectivity index (χ0n) is 12.1. The zero-order chi connectivity index (χ0) is 14.0. The normalized spacial score (nSPS) is 22.6. The first kappa shape index (κ1) is 14.8. The lowest BCUT2D eigenvalue weighted by atomic mass is 10.1. The lowest BCUT2D eigenvalue weighted by molar-refractivity contribution is 0.213. The predicted octanol–water partition coefficient (Wildman–Crippen LogP) is 3.00. The Morgan fingerprint density at radius 2 is 2.16 bits per heavy atom. The van der Waals surface area contributed by atoms with Crippen LogP contribution in [0.25, 0.3) is 0 Å². The molecule has 1 heterocycles. The number of hydrogen-bond donors (Lipinski definition) is 1. The lowest BCUT2D eigenvalue weighted by Gasteiger charge is -2.40. The number of hydrogen-bond acceptors (Lipinski definition) is 3. The summed E-state index contributed by atoms with van der Waals surface area (Å²) < 4.78 is 1.15. The van der Waals surface area contributed by atoms with Crippen LogP contribution in [0.1, 0.15) is 31.9 Å². The van der Waals surface area contributed by atoms with Gasteiger partial charge in [-0.15, -0.1) is 0 Å². The van der Waals surface area contributed by atoms with Gasteiger partial charge in [-0.2, -0.15) is 0 Å². The van der Waals surface area contributed by atoms with Gasteiger partial charge in [-0.25, -0.2) is 0 Å². The van der Waals surface area contributed by atoms with E-state index in [0.717, 1.165) is 24.1 Å². The Labute approximate surface area is 124 Å². The van der Waals surface area contributed by atoms with Gasteiger partial charge in [0.05, 0.1) is 5.69 Å². The summed E-state index contributed by atoms with van der Waals surface area (Å²) in [5.41, 5.74) is 8.40. The Hall–Kier alpha value is -0.580. The number of rotatable bonds is 3. The molecule has 1 unspecified atom stereocenters. The van der Waals surface area contributed by atoms with Crippen LogP contribution in [0.4, 0.5) is 5.69 Å². The molecule has 0 amide bonds. The minimum Gasteiger partial charge on any atom is -0.368 e. The molecule has 2 N–H and O–H groups in total. The summed E-state index contributed by atoms with van der Waals surface area (Å²) in [6.45, 7) is 7.59. The van der Waals surface area contributed by atoms with Crippen molar-refractivity contribution in [2.75, 3.05) is 31.6 Å². The van der Waals surface area contributed by atoms with Gasteiger partial charge in [0.2, 0.25) is 0 Å². The maximum atomic E-state index is 5.93. The molecule has 0 spiro atoms. The van der Waals surface area contributed by atoms with Crippen LogP contribution in [0.3, 0.4) is 0 Å². The fraction of sp³-hybridized carbons (Fsp3) is 0.600. The van der Waals surface area contributed by atoms with Gasteiger partial charge < -0.3 is 10.6 Å². The highest BCUT2D eigenvalue weighted by Gasteiger charge is 2.24. The predicted molar refractivity (Wildman–Crippen MR) is 85.7 cm³/mol. The zero-order valence-corrected chi connectivity index (χ0v) is 13.7. The van der Waals surface area contributed by atoms with Crippen LogP contribution in [0.2, 0.25) is 0 Å². The smallest absolute Gasteiger partial charge is 0.0511 e. The molecule has 1 fully saturated rings. The molecular formula is C15H24BrN3. The third-order valence-corrected chi connectivity index (χ3v) is 4.72. The van der Waals surface area contributed by atoms with Crippen molar-refractivity contribution in [3.63, 3.8) is 0 Å². The summed E-state index contributed by atoms with van der Waals surface area (Å²) in [5, 5.41) is 0. The van der Waals surface area contributed by atoms with Crippen LogP contribution < -0.4 is 10.6 Å². The van der Waals surface area contributed by atoms with Gasteiger partial charge in [-0.05, 0) is 54.0 Å². The number of nitrogens with zero attached hydrogens (tertiary/aromatic N) is 2. The van der Waals surface area contributed by atoms with Crippen molar-refractivity contribution in [1.29, 1.82) is 0 Å². The van der Waals surface area contributed by atoms with Crippen molar-refractivity contribution in [1.82, 2.24) is 4.90 Å². The van der Waals surface area contributed by atoms with E-state index in [0.29, 0.717) is 6.04 Å². The van der Waals surface area contributed by atoms with Gasteiger partial charge in [0, 0.05) is 36.2 Å². The van der Waals surface area contributed by atoms with Gasteiger partial charge >= 0.3 is 0 Å². The third kappa shape index (κ3) is 3.30. The number of likely N-dealkylation sites (N-methyl/N-ethyl adjacent to an activating group) is 1. The summed E-state index contributed by atoms with van der Waals surface area (Å²) in [6, 6.07) is 7.22. The molecule has 106 valence electrons. The van der Waals surface area contributed by atoms with Crippen molar-refractivity contribution < 1.29 is 0 Å². The molecule has 0 radical (unpaired) electrons. The number of piperazine rings is 1. The Morgan fingerprint density at radius 3 is 2.74 bits per heavy atom. The molecular weight excluding hydrogens is 302 g/mol. The molecule has 2 rings (SSSR count). The summed E-state index contributed by atoms with van der Waals surface area (Å²) in [7, 11) is 2.22. The molecule has 1 aliphatic heterocycles. The first-order chi connectivity index (χ1) is 9.02. The van der Waals surface area contributed by atoms with Crippen LogP contribution >= 0.6 is 15.9 Å². The highest BCUT2D eigenvalue weighted by atomic mass is 79.9. The van der Waals surface area contributed by atoms with Gasteiger partial charge in [0.15, 0.2) is 0 Å². The van der Waals surface area contributed by atoms with Crippen molar-refractivity contribution >= 4 is 21.6 Å². The van der Waals surface area contributed by atoms with E-state index in [4.69, 9.17) is 5.73 Å². The molecule has 19 heavy (non-hydrogen) atoms. The summed E-state index contributed by atoms with van der Waals surface area (Å²) in [6.07, 6.45) is 1.20. The average molecular weight is 326 g/mol. The van der Waals surface area contributed by atoms with Crippen LogP contribution in [-0.4, -0.2) is 37.6 Å². The second-order valence-electron chi connectivity index (χ2n) is 5.49. The highest BCUT2D eigenvalue weighted by molar-refractivity contribution is 9.10. The molecule has 3 nitrogen and oxygen atoms in total. The van der Waals surface area contributed by atoms with Crippen molar-refractivity contribution in [2.45, 2.75) is 32.4 Å². The van der Waals surface area contributed by atoms with Crippen molar-refractivity contribution in [3.8, 4) is 0 Å². The second kappa shape index (κ2) is 6.25. The number of nitrogens with two attached hydrogens (primary N) is 1. The summed E-state index contributed by atoms with van der Waals surface area (Å²) >= 11 is 3.70. The topological polar surface area (TPSA) is 32.5 Å². The van der Waals surface area contributed by atoms with Crippen LogP contribution in [0.15, 0.2) is 22.7 Å². The van der Waals surface area contributed by atoms with E-state index in [1.165, 1.54) is 17.7 Å². The van der Waals surface area contributed by atoms with E-state index in [-0.39, 0.29) is 6.04 Å². The minimum atomic E-state index is 0.0845. The molecule has 4 heteroatoms. The number of anilines is 1. The van der Waals surface area contributed by atoms with E-state index in [9.17, 15) is 0 Å². The Kier molecular flexibility index (Phi) is 4.87. The molecule has 1 aromatic carbocycles. The Balaban J connectivity index is 2.18. The fourth-order valence-electron chi connectivity index (χ4n) is 2.67. The molecule has 1 saturated heterocycles. The van der Waals surface area contributed by atoms with E-state index in [2.05, 4.69) is 57.9 Å². The fourth-order valence-corrected chi connectivity index (χ4v) is 3.32. The Morgan fingerprint density at radius 1 is 1.42 bits per heavy atom. The highest BCUT2D eigenvalue weighted by Crippen LogP contribution is 2.30. The molecule has 0 saturated carbocycles. The van der Waals surface area contributed by atoms with E-state index >= 15 is 0 Å². The standard InChI is InChI=1S/C15H24BrN3/c1-4-13-10-19(8-7-18(13)3)15-6-5-12(11(2)17)9-14(15)16/h5-6,9,11,13H,4,7-8,10,17H2,1-3H3/t11-,13?/m1/s1. The summed E-state index contributed by atoms with van der Waals surface area (Å²) in [5.74, 6) is 0. The monoisotopic (exact) mass is 325 g/mol. The summed E-state index contributed by atoms with van der Waals surface area (Å²) in [4.78, 5) is 4.93. The van der Waals surface area contributed by atoms with Gasteiger partial charge in [0.25, 0.3) is 0 Å². The maximum Gasteiger partial charge on any atom is 0.0511 e. The quantitative estimate of drug-likeness (QED) is 0.927. The molecule has 0 aliphatic carbocycles. The minimum absolute atomic E-state index is 0.0845. The van der Waals surface area contributed by atoms with Crippen LogP contribution in [0.5, 0.6) is 0 Å². The maximum absolute atomic E-state index is 5.93. The largest absolute Gasteiger partial charge is 0.368 e. The first-order valence-electron chi connectivity index (χ1n) is 7.03. The van der Waals surface area contributed by atoms with Crippen LogP contribution in [-0.2, 0) is 0 Å². The van der Waals surface area contributed by atoms with E-state index in [1.54, 1.807) is 0 Å². The first-order valence-corrected chi connectivity index (χ1v) is 7.82. The van der Waals surface area contributed by atoms with E-state index in [1.807, 2.05) is 6.92 Å². The van der Waals surface area contributed by atoms with E-state index < -0.39 is 0 Å². The average Bonchev–Trinajstić information content (AvgIpc) is 2.39. The molecule has 1 aliphatic rings. The molecule has 2 atom stereocenters. The SMILES string of the molecule is CCC1CN(c2ccc([C@@H](C)N)cc2Br)CCN1C. The van der Waals surface area contributed by atoms with Crippen LogP contribution in [0, 0.1) is 0 Å². The Bertz CT molecular complexity index is 433. The molecule has 1 aromatic rings. The number of halogens is 1. The van der Waals surface area contributed by atoms with Gasteiger partial charge in [-0.3, -0.25) is 4.90 Å². The molecule has 0 bridgehead atoms. The van der Waals surface area contributed by atoms with Gasteiger partial charge in [-0.1, -0.05) is 13.0 Å².